The number of hydrogen-bond donors (Lipinski definition) is 0. The van der Waals surface area contributed by atoms with E-state index < -0.39 is 0 Å². The molecule has 0 spiro atoms. The largest absolute Gasteiger partial charge is 0.255 e. The number of aromatic nitrogens is 3. The highest BCUT2D eigenvalue weighted by Crippen LogP contribution is 2.27. The number of aryl methyl sites for hydroxylation is 1. The molecule has 3 nitrogen and oxygen atoms in total. The average molecular weight is 219 g/mol. The smallest absolute Gasteiger partial charge is 0.181 e. The second-order valence-corrected chi connectivity index (χ2v) is 4.13. The van der Waals surface area contributed by atoms with E-state index in [4.69, 9.17) is 0 Å². The van der Waals surface area contributed by atoms with Crippen molar-refractivity contribution in [1.82, 2.24) is 14.8 Å². The summed E-state index contributed by atoms with van der Waals surface area (Å²) < 4.78 is 14.8. The lowest BCUT2D eigenvalue weighted by molar-refractivity contribution is 0.623. The molecule has 0 aliphatic heterocycles. The molecule has 0 N–H and O–H groups in total. The minimum atomic E-state index is -0.219. The van der Waals surface area contributed by atoms with Gasteiger partial charge in [0.1, 0.15) is 12.1 Å². The van der Waals surface area contributed by atoms with Gasteiger partial charge in [0.25, 0.3) is 0 Å². The molecule has 1 aromatic carbocycles. The normalized spacial score (nSPS) is 11.1. The Balaban J connectivity index is 2.56. The second-order valence-electron chi connectivity index (χ2n) is 4.13. The zero-order valence-electron chi connectivity index (χ0n) is 9.61. The van der Waals surface area contributed by atoms with Gasteiger partial charge in [0.2, 0.25) is 0 Å². The van der Waals surface area contributed by atoms with Crippen LogP contribution in [0.2, 0.25) is 0 Å². The molecular weight excluding hydrogens is 205 g/mol. The van der Waals surface area contributed by atoms with Crippen LogP contribution in [-0.2, 0) is 7.05 Å². The first-order valence-electron chi connectivity index (χ1n) is 5.23. The van der Waals surface area contributed by atoms with Crippen molar-refractivity contribution in [3.05, 3.63) is 35.9 Å². The molecule has 0 atom stereocenters. The third-order valence-corrected chi connectivity index (χ3v) is 2.48. The van der Waals surface area contributed by atoms with E-state index in [0.717, 1.165) is 11.1 Å². The van der Waals surface area contributed by atoms with Crippen LogP contribution in [-0.4, -0.2) is 14.8 Å². The molecule has 0 bridgehead atoms. The van der Waals surface area contributed by atoms with Crippen molar-refractivity contribution in [2.24, 2.45) is 7.05 Å². The summed E-state index contributed by atoms with van der Waals surface area (Å²) in [7, 11) is 1.81. The number of hydrogen-bond acceptors (Lipinski definition) is 2. The lowest BCUT2D eigenvalue weighted by Crippen LogP contribution is -1.96. The fraction of sp³-hybridized carbons (Fsp3) is 0.333. The van der Waals surface area contributed by atoms with Gasteiger partial charge in [-0.3, -0.25) is 4.68 Å². The summed E-state index contributed by atoms with van der Waals surface area (Å²) in [6.45, 7) is 4.06. The lowest BCUT2D eigenvalue weighted by Gasteiger charge is -2.10. The van der Waals surface area contributed by atoms with Crippen molar-refractivity contribution >= 4 is 0 Å². The SMILES string of the molecule is CC(C)c1cc(F)ccc1-c1ncn(C)n1. The Hall–Kier alpha value is -1.71. The van der Waals surface area contributed by atoms with Crippen LogP contribution in [0.4, 0.5) is 4.39 Å². The van der Waals surface area contributed by atoms with Gasteiger partial charge in [-0.25, -0.2) is 9.37 Å². The molecule has 2 aromatic rings. The fourth-order valence-corrected chi connectivity index (χ4v) is 1.68. The standard InChI is InChI=1S/C12H14FN3/c1-8(2)11-6-9(13)4-5-10(11)12-14-7-16(3)15-12/h4-8H,1-3H3. The predicted octanol–water partition coefficient (Wildman–Crippen LogP) is 2.74. The van der Waals surface area contributed by atoms with Crippen molar-refractivity contribution in [2.75, 3.05) is 0 Å². The Bertz CT molecular complexity index is 503. The van der Waals surface area contributed by atoms with Gasteiger partial charge in [0.05, 0.1) is 0 Å². The van der Waals surface area contributed by atoms with E-state index in [9.17, 15) is 4.39 Å². The van der Waals surface area contributed by atoms with Crippen LogP contribution in [0.15, 0.2) is 24.5 Å². The van der Waals surface area contributed by atoms with Crippen LogP contribution in [0, 0.1) is 5.82 Å². The Labute approximate surface area is 93.9 Å². The van der Waals surface area contributed by atoms with Gasteiger partial charge in [0, 0.05) is 12.6 Å². The Kier molecular flexibility index (Phi) is 2.73. The van der Waals surface area contributed by atoms with E-state index in [1.165, 1.54) is 6.07 Å². The molecule has 84 valence electrons. The monoisotopic (exact) mass is 219 g/mol. The summed E-state index contributed by atoms with van der Waals surface area (Å²) in [5.41, 5.74) is 1.84. The predicted molar refractivity (Wildman–Crippen MR) is 60.5 cm³/mol. The molecule has 0 saturated heterocycles. The molecule has 1 heterocycles. The number of rotatable bonds is 2. The minimum absolute atomic E-state index is 0.219. The van der Waals surface area contributed by atoms with Crippen molar-refractivity contribution in [3.63, 3.8) is 0 Å². The summed E-state index contributed by atoms with van der Waals surface area (Å²) in [5.74, 6) is 0.670. The van der Waals surface area contributed by atoms with Crippen LogP contribution < -0.4 is 0 Å². The molecule has 0 amide bonds. The Morgan fingerprint density at radius 2 is 2.06 bits per heavy atom. The molecule has 4 heteroatoms. The molecule has 0 aliphatic rings. The highest BCUT2D eigenvalue weighted by atomic mass is 19.1. The molecule has 0 aliphatic carbocycles. The summed E-state index contributed by atoms with van der Waals surface area (Å²) in [4.78, 5) is 4.19. The maximum atomic E-state index is 13.2. The van der Waals surface area contributed by atoms with E-state index in [2.05, 4.69) is 10.1 Å². The number of nitrogens with zero attached hydrogens (tertiary/aromatic N) is 3. The molecule has 1 aromatic heterocycles. The zero-order chi connectivity index (χ0) is 11.7. The summed E-state index contributed by atoms with van der Waals surface area (Å²) in [6.07, 6.45) is 1.64. The number of halogens is 1. The van der Waals surface area contributed by atoms with Gasteiger partial charge in [-0.2, -0.15) is 5.10 Å². The van der Waals surface area contributed by atoms with Crippen LogP contribution in [0.1, 0.15) is 25.3 Å². The topological polar surface area (TPSA) is 30.7 Å². The first-order valence-corrected chi connectivity index (χ1v) is 5.23. The third kappa shape index (κ3) is 1.96. The van der Waals surface area contributed by atoms with Gasteiger partial charge in [-0.05, 0) is 29.7 Å². The lowest BCUT2D eigenvalue weighted by atomic mass is 9.97. The van der Waals surface area contributed by atoms with Gasteiger partial charge in [-0.15, -0.1) is 0 Å². The molecule has 0 fully saturated rings. The maximum Gasteiger partial charge on any atom is 0.181 e. The summed E-state index contributed by atoms with van der Waals surface area (Å²) >= 11 is 0. The second kappa shape index (κ2) is 4.04. The molecule has 16 heavy (non-hydrogen) atoms. The first kappa shape index (κ1) is 10.8. The average Bonchev–Trinajstić information content (AvgIpc) is 2.64. The van der Waals surface area contributed by atoms with Crippen molar-refractivity contribution in [2.45, 2.75) is 19.8 Å². The van der Waals surface area contributed by atoms with Crippen molar-refractivity contribution in [1.29, 1.82) is 0 Å². The molecule has 2 rings (SSSR count). The van der Waals surface area contributed by atoms with Crippen molar-refractivity contribution in [3.8, 4) is 11.4 Å². The van der Waals surface area contributed by atoms with Gasteiger partial charge < -0.3 is 0 Å². The van der Waals surface area contributed by atoms with Crippen LogP contribution in [0.25, 0.3) is 11.4 Å². The van der Waals surface area contributed by atoms with E-state index in [0.29, 0.717) is 5.82 Å². The van der Waals surface area contributed by atoms with E-state index in [1.807, 2.05) is 20.9 Å². The first-order chi connectivity index (χ1) is 7.58. The van der Waals surface area contributed by atoms with E-state index >= 15 is 0 Å². The Morgan fingerprint density at radius 3 is 2.62 bits per heavy atom. The molecule has 0 saturated carbocycles. The molecular formula is C12H14FN3. The van der Waals surface area contributed by atoms with Crippen LogP contribution in [0.3, 0.4) is 0 Å². The molecule has 0 radical (unpaired) electrons. The minimum Gasteiger partial charge on any atom is -0.255 e. The third-order valence-electron chi connectivity index (χ3n) is 2.48. The van der Waals surface area contributed by atoms with E-state index in [-0.39, 0.29) is 11.7 Å². The fourth-order valence-electron chi connectivity index (χ4n) is 1.68. The van der Waals surface area contributed by atoms with Gasteiger partial charge >= 0.3 is 0 Å². The zero-order valence-corrected chi connectivity index (χ0v) is 9.61. The highest BCUT2D eigenvalue weighted by molar-refractivity contribution is 5.60. The van der Waals surface area contributed by atoms with Crippen LogP contribution >= 0.6 is 0 Å². The summed E-state index contributed by atoms with van der Waals surface area (Å²) in [5, 5.41) is 4.24. The van der Waals surface area contributed by atoms with Crippen LogP contribution in [0.5, 0.6) is 0 Å². The number of benzene rings is 1. The Morgan fingerprint density at radius 1 is 1.31 bits per heavy atom. The van der Waals surface area contributed by atoms with Gasteiger partial charge in [-0.1, -0.05) is 13.8 Å². The highest BCUT2D eigenvalue weighted by Gasteiger charge is 2.12. The van der Waals surface area contributed by atoms with Crippen molar-refractivity contribution < 1.29 is 4.39 Å². The maximum absolute atomic E-state index is 13.2. The van der Waals surface area contributed by atoms with Gasteiger partial charge in [0.15, 0.2) is 5.82 Å². The molecule has 0 unspecified atom stereocenters. The quantitative estimate of drug-likeness (QED) is 0.777. The summed E-state index contributed by atoms with van der Waals surface area (Å²) in [6, 6.07) is 4.73. The van der Waals surface area contributed by atoms with E-state index in [1.54, 1.807) is 23.1 Å².